The Labute approximate surface area is 93.5 Å². The summed E-state index contributed by atoms with van der Waals surface area (Å²) in [4.78, 5) is 12.5. The van der Waals surface area contributed by atoms with E-state index in [0.29, 0.717) is 6.54 Å². The van der Waals surface area contributed by atoms with Crippen LogP contribution in [0.15, 0.2) is 24.3 Å². The van der Waals surface area contributed by atoms with E-state index in [0.717, 1.165) is 11.3 Å². The summed E-state index contributed by atoms with van der Waals surface area (Å²) in [6.07, 6.45) is 0.0519. The number of alkyl halides is 1. The summed E-state index contributed by atoms with van der Waals surface area (Å²) >= 11 is 0. The van der Waals surface area contributed by atoms with Crippen molar-refractivity contribution in [3.8, 4) is 0 Å². The van der Waals surface area contributed by atoms with Crippen molar-refractivity contribution >= 4 is 11.7 Å². The lowest BCUT2D eigenvalue weighted by molar-refractivity contribution is -0.149. The molecule has 1 saturated heterocycles. The van der Waals surface area contributed by atoms with Gasteiger partial charge in [0.1, 0.15) is 0 Å². The molecule has 0 amide bonds. The summed E-state index contributed by atoms with van der Waals surface area (Å²) in [5, 5.41) is 8.79. The molecule has 1 heterocycles. The Morgan fingerprint density at radius 3 is 2.88 bits per heavy atom. The van der Waals surface area contributed by atoms with Crippen LogP contribution < -0.4 is 4.90 Å². The van der Waals surface area contributed by atoms with Crippen molar-refractivity contribution in [3.63, 3.8) is 0 Å². The second-order valence-electron chi connectivity index (χ2n) is 4.28. The second kappa shape index (κ2) is 3.77. The average molecular weight is 223 g/mol. The molecule has 2 rings (SSSR count). The molecule has 0 spiro atoms. The summed E-state index contributed by atoms with van der Waals surface area (Å²) in [5.41, 5.74) is -0.117. The fraction of sp³-hybridized carbons (Fsp3) is 0.417. The minimum Gasteiger partial charge on any atom is -0.479 e. The first kappa shape index (κ1) is 10.9. The molecule has 16 heavy (non-hydrogen) atoms. The molecule has 3 nitrogen and oxygen atoms in total. The maximum Gasteiger partial charge on any atom is 0.343 e. The van der Waals surface area contributed by atoms with Crippen LogP contribution in [0.4, 0.5) is 10.1 Å². The molecule has 4 heteroatoms. The Morgan fingerprint density at radius 2 is 2.31 bits per heavy atom. The van der Waals surface area contributed by atoms with Crippen LogP contribution in [0.2, 0.25) is 0 Å². The number of carbonyl (C=O) groups is 1. The first-order chi connectivity index (χ1) is 7.51. The number of carboxylic acids is 1. The molecule has 86 valence electrons. The van der Waals surface area contributed by atoms with Gasteiger partial charge in [-0.3, -0.25) is 0 Å². The first-order valence-corrected chi connectivity index (χ1v) is 5.25. The molecule has 1 aliphatic heterocycles. The standard InChI is InChI=1S/C12H14FNO2/c1-9-3-2-4-10(7-9)14-6-5-12(13,8-14)11(15)16/h2-4,7H,5-6,8H2,1H3,(H,15,16). The largest absolute Gasteiger partial charge is 0.479 e. The summed E-state index contributed by atoms with van der Waals surface area (Å²) in [6.45, 7) is 2.34. The summed E-state index contributed by atoms with van der Waals surface area (Å²) in [7, 11) is 0. The number of aryl methyl sites for hydroxylation is 1. The van der Waals surface area contributed by atoms with E-state index in [4.69, 9.17) is 5.11 Å². The van der Waals surface area contributed by atoms with Gasteiger partial charge in [-0.2, -0.15) is 0 Å². The molecule has 1 atom stereocenters. The number of nitrogens with zero attached hydrogens (tertiary/aromatic N) is 1. The van der Waals surface area contributed by atoms with E-state index in [1.165, 1.54) is 0 Å². The number of hydrogen-bond acceptors (Lipinski definition) is 2. The predicted molar refractivity (Wildman–Crippen MR) is 59.5 cm³/mol. The van der Waals surface area contributed by atoms with Gasteiger partial charge in [0.15, 0.2) is 0 Å². The molecule has 1 fully saturated rings. The number of rotatable bonds is 2. The number of halogens is 1. The first-order valence-electron chi connectivity index (χ1n) is 5.25. The van der Waals surface area contributed by atoms with Crippen LogP contribution >= 0.6 is 0 Å². The summed E-state index contributed by atoms with van der Waals surface area (Å²) in [5.74, 6) is -1.36. The number of carboxylic acid groups (broad SMARTS) is 1. The highest BCUT2D eigenvalue weighted by Gasteiger charge is 2.45. The smallest absolute Gasteiger partial charge is 0.343 e. The minimum atomic E-state index is -2.09. The van der Waals surface area contributed by atoms with E-state index in [-0.39, 0.29) is 13.0 Å². The third-order valence-electron chi connectivity index (χ3n) is 2.97. The highest BCUT2D eigenvalue weighted by atomic mass is 19.1. The van der Waals surface area contributed by atoms with Gasteiger partial charge >= 0.3 is 5.97 Å². The zero-order valence-corrected chi connectivity index (χ0v) is 9.11. The van der Waals surface area contributed by atoms with Crippen LogP contribution in [0.3, 0.4) is 0 Å². The van der Waals surface area contributed by atoms with Crippen LogP contribution in [0, 0.1) is 6.92 Å². The zero-order chi connectivity index (χ0) is 11.8. The van der Waals surface area contributed by atoms with Crippen molar-refractivity contribution in [2.75, 3.05) is 18.0 Å². The Bertz CT molecular complexity index is 421. The van der Waals surface area contributed by atoms with Crippen molar-refractivity contribution in [2.45, 2.75) is 19.0 Å². The molecule has 1 N–H and O–H groups in total. The maximum atomic E-state index is 13.8. The van der Waals surface area contributed by atoms with Gasteiger partial charge < -0.3 is 10.0 Å². The van der Waals surface area contributed by atoms with Crippen LogP contribution in [0.1, 0.15) is 12.0 Å². The maximum absolute atomic E-state index is 13.8. The van der Waals surface area contributed by atoms with E-state index in [2.05, 4.69) is 0 Å². The topological polar surface area (TPSA) is 40.5 Å². The van der Waals surface area contributed by atoms with Crippen LogP contribution in [0.5, 0.6) is 0 Å². The normalized spacial score (nSPS) is 24.8. The third kappa shape index (κ3) is 1.87. The number of aliphatic carboxylic acids is 1. The monoisotopic (exact) mass is 223 g/mol. The summed E-state index contributed by atoms with van der Waals surface area (Å²) in [6, 6.07) is 7.66. The predicted octanol–water partition coefficient (Wildman–Crippen LogP) is 2.00. The second-order valence-corrected chi connectivity index (χ2v) is 4.28. The van der Waals surface area contributed by atoms with Gasteiger partial charge in [-0.15, -0.1) is 0 Å². The van der Waals surface area contributed by atoms with Crippen LogP contribution in [-0.2, 0) is 4.79 Å². The SMILES string of the molecule is Cc1cccc(N2CCC(F)(C(=O)O)C2)c1. The fourth-order valence-corrected chi connectivity index (χ4v) is 1.99. The molecule has 0 aromatic heterocycles. The van der Waals surface area contributed by atoms with E-state index >= 15 is 0 Å². The molecule has 0 bridgehead atoms. The van der Waals surface area contributed by atoms with Crippen molar-refractivity contribution in [1.29, 1.82) is 0 Å². The molecule has 0 saturated carbocycles. The molecular weight excluding hydrogens is 209 g/mol. The number of hydrogen-bond donors (Lipinski definition) is 1. The van der Waals surface area contributed by atoms with Gasteiger partial charge in [0.05, 0.1) is 6.54 Å². The number of anilines is 1. The third-order valence-corrected chi connectivity index (χ3v) is 2.97. The zero-order valence-electron chi connectivity index (χ0n) is 9.11. The van der Waals surface area contributed by atoms with Gasteiger partial charge in [-0.05, 0) is 24.6 Å². The Hall–Kier alpha value is -1.58. The lowest BCUT2D eigenvalue weighted by Gasteiger charge is -2.19. The van der Waals surface area contributed by atoms with Crippen LogP contribution in [0.25, 0.3) is 0 Å². The van der Waals surface area contributed by atoms with Gasteiger partial charge in [-0.1, -0.05) is 12.1 Å². The van der Waals surface area contributed by atoms with Crippen molar-refractivity contribution in [2.24, 2.45) is 0 Å². The van der Waals surface area contributed by atoms with E-state index in [1.807, 2.05) is 31.2 Å². The molecular formula is C12H14FNO2. The Balaban J connectivity index is 2.18. The fourth-order valence-electron chi connectivity index (χ4n) is 1.99. The highest BCUT2D eigenvalue weighted by molar-refractivity contribution is 5.79. The van der Waals surface area contributed by atoms with E-state index in [1.54, 1.807) is 4.90 Å². The lowest BCUT2D eigenvalue weighted by atomic mass is 10.1. The van der Waals surface area contributed by atoms with Crippen molar-refractivity contribution < 1.29 is 14.3 Å². The van der Waals surface area contributed by atoms with Gasteiger partial charge in [-0.25, -0.2) is 9.18 Å². The molecule has 1 aliphatic rings. The van der Waals surface area contributed by atoms with Crippen LogP contribution in [-0.4, -0.2) is 29.8 Å². The number of benzene rings is 1. The van der Waals surface area contributed by atoms with Crippen molar-refractivity contribution in [3.05, 3.63) is 29.8 Å². The lowest BCUT2D eigenvalue weighted by Crippen LogP contribution is -2.37. The Morgan fingerprint density at radius 1 is 1.56 bits per heavy atom. The van der Waals surface area contributed by atoms with Crippen molar-refractivity contribution in [1.82, 2.24) is 0 Å². The Kier molecular flexibility index (Phi) is 2.58. The molecule has 1 aromatic rings. The molecule has 1 aromatic carbocycles. The molecule has 1 unspecified atom stereocenters. The average Bonchev–Trinajstić information content (AvgIpc) is 2.62. The molecule has 0 aliphatic carbocycles. The van der Waals surface area contributed by atoms with Gasteiger partial charge in [0.25, 0.3) is 0 Å². The van der Waals surface area contributed by atoms with E-state index in [9.17, 15) is 9.18 Å². The summed E-state index contributed by atoms with van der Waals surface area (Å²) < 4.78 is 13.8. The quantitative estimate of drug-likeness (QED) is 0.833. The highest BCUT2D eigenvalue weighted by Crippen LogP contribution is 2.30. The van der Waals surface area contributed by atoms with E-state index < -0.39 is 11.6 Å². The molecule has 0 radical (unpaired) electrons. The van der Waals surface area contributed by atoms with Gasteiger partial charge in [0.2, 0.25) is 5.67 Å². The van der Waals surface area contributed by atoms with Gasteiger partial charge in [0, 0.05) is 18.7 Å². The minimum absolute atomic E-state index is 0.0519.